The average Bonchev–Trinajstić information content (AvgIpc) is 3.35. The number of likely N-dealkylation sites (tertiary alicyclic amines) is 1. The first-order valence-corrected chi connectivity index (χ1v) is 13.5. The molecule has 1 fully saturated rings. The van der Waals surface area contributed by atoms with Crippen molar-refractivity contribution in [2.24, 2.45) is 11.3 Å². The molecule has 3 aromatic rings. The molecule has 0 radical (unpaired) electrons. The molecule has 11 heteroatoms. The van der Waals surface area contributed by atoms with Gasteiger partial charge < -0.3 is 19.1 Å². The number of ether oxygens (including phenoxy) is 3. The van der Waals surface area contributed by atoms with Crippen LogP contribution in [0.15, 0.2) is 91.0 Å². The van der Waals surface area contributed by atoms with E-state index in [0.717, 1.165) is 21.3 Å². The third kappa shape index (κ3) is 5.70. The number of hydrogen-bond acceptors (Lipinski definition) is 9. The maximum atomic E-state index is 15.0. The van der Waals surface area contributed by atoms with E-state index in [4.69, 9.17) is 14.2 Å². The zero-order chi connectivity index (χ0) is 31.1. The van der Waals surface area contributed by atoms with Gasteiger partial charge in [0.15, 0.2) is 11.3 Å². The fraction of sp³-hybridized carbons (Fsp3) is 0.312. The molecule has 1 amide bonds. The van der Waals surface area contributed by atoms with Gasteiger partial charge in [0.05, 0.1) is 33.3 Å². The molecular weight excluding hydrogens is 556 g/mol. The second kappa shape index (κ2) is 13.3. The highest BCUT2D eigenvalue weighted by molar-refractivity contribution is 6.07. The number of methoxy groups -OCH3 is 3. The number of hydrogen-bond donors (Lipinski definition) is 0. The lowest BCUT2D eigenvalue weighted by atomic mass is 9.63. The zero-order valence-corrected chi connectivity index (χ0v) is 24.0. The van der Waals surface area contributed by atoms with E-state index in [1.807, 2.05) is 0 Å². The summed E-state index contributed by atoms with van der Waals surface area (Å²) in [7, 11) is 3.34. The van der Waals surface area contributed by atoms with E-state index in [1.54, 1.807) is 91.0 Å². The molecule has 0 aromatic heterocycles. The van der Waals surface area contributed by atoms with Crippen LogP contribution < -0.4 is 0 Å². The van der Waals surface area contributed by atoms with Crippen molar-refractivity contribution in [3.8, 4) is 0 Å². The molecule has 1 heterocycles. The van der Waals surface area contributed by atoms with Gasteiger partial charge in [0.2, 0.25) is 12.5 Å². The second-order valence-corrected chi connectivity index (χ2v) is 10.1. The summed E-state index contributed by atoms with van der Waals surface area (Å²) >= 11 is 0. The Morgan fingerprint density at radius 3 is 1.79 bits per heavy atom. The molecule has 4 unspecified atom stereocenters. The molecule has 0 N–H and O–H groups in total. The first-order chi connectivity index (χ1) is 20.7. The third-order valence-electron chi connectivity index (χ3n) is 8.05. The molecule has 3 aromatic carbocycles. The maximum absolute atomic E-state index is 15.0. The van der Waals surface area contributed by atoms with Crippen LogP contribution in [0, 0.1) is 21.4 Å². The highest BCUT2D eigenvalue weighted by Crippen LogP contribution is 2.56. The Kier molecular flexibility index (Phi) is 9.54. The van der Waals surface area contributed by atoms with Gasteiger partial charge >= 0.3 is 17.9 Å². The molecule has 224 valence electrons. The van der Waals surface area contributed by atoms with Crippen molar-refractivity contribution < 1.29 is 38.3 Å². The maximum Gasteiger partial charge on any atom is 0.323 e. The fourth-order valence-electron chi connectivity index (χ4n) is 6.19. The Hall–Kier alpha value is -5.06. The molecule has 1 aliphatic rings. The van der Waals surface area contributed by atoms with E-state index < -0.39 is 64.5 Å². The molecule has 43 heavy (non-hydrogen) atoms. The van der Waals surface area contributed by atoms with E-state index in [2.05, 4.69) is 0 Å². The van der Waals surface area contributed by atoms with Gasteiger partial charge in [-0.3, -0.25) is 29.3 Å². The number of esters is 3. The summed E-state index contributed by atoms with van der Waals surface area (Å²) in [5.41, 5.74) is -0.814. The largest absolute Gasteiger partial charge is 0.468 e. The standard InChI is InChI=1S/C32H32N2O9/c1-41-28(35)26(29(36)42-2)27(23-17-11-6-12-18-23)33-19-24(21-13-7-4-8-14-21)32(30(33)37,31(38)43-3)25(20-34(39)40)22-15-9-5-10-16-22/h4-18,24-27H,19-20H2,1-3H3. The minimum Gasteiger partial charge on any atom is -0.468 e. The van der Waals surface area contributed by atoms with Gasteiger partial charge in [0.1, 0.15) is 0 Å². The summed E-state index contributed by atoms with van der Waals surface area (Å²) in [6, 6.07) is 24.1. The summed E-state index contributed by atoms with van der Waals surface area (Å²) in [6.45, 7) is -0.946. The monoisotopic (exact) mass is 588 g/mol. The number of carbonyl (C=O) groups is 4. The van der Waals surface area contributed by atoms with Gasteiger partial charge in [-0.05, 0) is 16.7 Å². The van der Waals surface area contributed by atoms with Gasteiger partial charge in [0, 0.05) is 17.4 Å². The first kappa shape index (κ1) is 30.9. The zero-order valence-electron chi connectivity index (χ0n) is 24.0. The van der Waals surface area contributed by atoms with Gasteiger partial charge in [-0.15, -0.1) is 0 Å². The molecule has 4 rings (SSSR count). The van der Waals surface area contributed by atoms with Crippen LogP contribution >= 0.6 is 0 Å². The lowest BCUT2D eigenvalue weighted by Gasteiger charge is -2.37. The number of carbonyl (C=O) groups excluding carboxylic acids is 4. The molecule has 0 aliphatic carbocycles. The van der Waals surface area contributed by atoms with Crippen molar-refractivity contribution >= 4 is 23.8 Å². The predicted octanol–water partition coefficient (Wildman–Crippen LogP) is 3.54. The van der Waals surface area contributed by atoms with E-state index in [1.165, 1.54) is 4.90 Å². The topological polar surface area (TPSA) is 142 Å². The van der Waals surface area contributed by atoms with Crippen LogP contribution in [0.25, 0.3) is 0 Å². The van der Waals surface area contributed by atoms with Crippen LogP contribution in [-0.2, 0) is 33.4 Å². The molecule has 4 atom stereocenters. The fourth-order valence-corrected chi connectivity index (χ4v) is 6.19. The first-order valence-electron chi connectivity index (χ1n) is 13.5. The van der Waals surface area contributed by atoms with Crippen LogP contribution in [0.3, 0.4) is 0 Å². The van der Waals surface area contributed by atoms with Gasteiger partial charge in [-0.1, -0.05) is 91.0 Å². The predicted molar refractivity (Wildman–Crippen MR) is 153 cm³/mol. The summed E-state index contributed by atoms with van der Waals surface area (Å²) in [5.74, 6) is -7.57. The Bertz CT molecular complexity index is 1450. The van der Waals surface area contributed by atoms with E-state index in [0.29, 0.717) is 16.7 Å². The smallest absolute Gasteiger partial charge is 0.323 e. The summed E-state index contributed by atoms with van der Waals surface area (Å²) in [5, 5.41) is 12.2. The lowest BCUT2D eigenvalue weighted by Crippen LogP contribution is -2.51. The lowest BCUT2D eigenvalue weighted by molar-refractivity contribution is -0.485. The van der Waals surface area contributed by atoms with Gasteiger partial charge in [0.25, 0.3) is 0 Å². The molecule has 0 bridgehead atoms. The average molecular weight is 589 g/mol. The molecule has 11 nitrogen and oxygen atoms in total. The molecule has 0 saturated carbocycles. The number of nitro groups is 1. The molecule has 1 aliphatic heterocycles. The van der Waals surface area contributed by atoms with E-state index >= 15 is 4.79 Å². The Morgan fingerprint density at radius 1 is 0.837 bits per heavy atom. The van der Waals surface area contributed by atoms with Gasteiger partial charge in [-0.2, -0.15) is 0 Å². The number of nitrogens with zero attached hydrogens (tertiary/aromatic N) is 2. The number of rotatable bonds is 11. The van der Waals surface area contributed by atoms with Crippen LogP contribution in [-0.4, -0.2) is 68.1 Å². The highest BCUT2D eigenvalue weighted by atomic mass is 16.6. The van der Waals surface area contributed by atoms with Crippen LogP contribution in [0.2, 0.25) is 0 Å². The van der Waals surface area contributed by atoms with Crippen molar-refractivity contribution in [2.45, 2.75) is 17.9 Å². The van der Waals surface area contributed by atoms with Crippen molar-refractivity contribution in [1.29, 1.82) is 0 Å². The third-order valence-corrected chi connectivity index (χ3v) is 8.05. The summed E-state index contributed by atoms with van der Waals surface area (Å²) < 4.78 is 15.2. The number of benzene rings is 3. The van der Waals surface area contributed by atoms with Crippen LogP contribution in [0.1, 0.15) is 34.6 Å². The molecule has 0 spiro atoms. The van der Waals surface area contributed by atoms with Gasteiger partial charge in [-0.25, -0.2) is 0 Å². The SMILES string of the molecule is COC(=O)C(C(=O)OC)C(c1ccccc1)N1CC(c2ccccc2)C(C(=O)OC)(C(C[N+](=O)[O-])c2ccccc2)C1=O. The summed E-state index contributed by atoms with van der Waals surface area (Å²) in [4.78, 5) is 68.3. The molecular formula is C32H32N2O9. The van der Waals surface area contributed by atoms with Crippen molar-refractivity contribution in [3.63, 3.8) is 0 Å². The highest BCUT2D eigenvalue weighted by Gasteiger charge is 2.68. The van der Waals surface area contributed by atoms with Crippen LogP contribution in [0.5, 0.6) is 0 Å². The normalized spacial score (nSPS) is 19.4. The number of amides is 1. The molecule has 1 saturated heterocycles. The van der Waals surface area contributed by atoms with Crippen molar-refractivity contribution in [2.75, 3.05) is 34.4 Å². The Balaban J connectivity index is 2.06. The van der Waals surface area contributed by atoms with Crippen molar-refractivity contribution in [1.82, 2.24) is 4.90 Å². The quantitative estimate of drug-likeness (QED) is 0.108. The van der Waals surface area contributed by atoms with E-state index in [9.17, 15) is 24.5 Å². The van der Waals surface area contributed by atoms with Crippen LogP contribution in [0.4, 0.5) is 0 Å². The Morgan fingerprint density at radius 2 is 1.33 bits per heavy atom. The summed E-state index contributed by atoms with van der Waals surface area (Å²) in [6.07, 6.45) is 0. The minimum absolute atomic E-state index is 0.178. The second-order valence-electron chi connectivity index (χ2n) is 10.1. The minimum atomic E-state index is -2.14. The van der Waals surface area contributed by atoms with E-state index in [-0.39, 0.29) is 6.54 Å². The van der Waals surface area contributed by atoms with Crippen molar-refractivity contribution in [3.05, 3.63) is 118 Å². The Labute approximate surface area is 248 Å².